The van der Waals surface area contributed by atoms with Gasteiger partial charge in [-0.2, -0.15) is 0 Å². The van der Waals surface area contributed by atoms with Crippen LogP contribution < -0.4 is 5.32 Å². The molecule has 0 unspecified atom stereocenters. The van der Waals surface area contributed by atoms with E-state index in [1.165, 1.54) is 0 Å². The van der Waals surface area contributed by atoms with Gasteiger partial charge in [0.15, 0.2) is 0 Å². The zero-order valence-electron chi connectivity index (χ0n) is 11.1. The molecule has 2 rings (SSSR count). The van der Waals surface area contributed by atoms with Crippen LogP contribution in [0.15, 0.2) is 30.6 Å². The van der Waals surface area contributed by atoms with E-state index < -0.39 is 0 Å². The first-order valence-electron chi connectivity index (χ1n) is 6.47. The minimum Gasteiger partial charge on any atom is -0.355 e. The van der Waals surface area contributed by atoms with Crippen LogP contribution in [0.25, 0.3) is 0 Å². The molecular formula is C14H20N4. The number of nitrogens with zero attached hydrogens (tertiary/aromatic N) is 3. The summed E-state index contributed by atoms with van der Waals surface area (Å²) in [6.07, 6.45) is 5.95. The van der Waals surface area contributed by atoms with Crippen molar-refractivity contribution in [2.75, 3.05) is 11.9 Å². The van der Waals surface area contributed by atoms with E-state index in [0.717, 1.165) is 43.3 Å². The van der Waals surface area contributed by atoms with Crippen LogP contribution in [0.4, 0.5) is 5.95 Å². The zero-order valence-corrected chi connectivity index (χ0v) is 11.1. The molecule has 0 aromatic carbocycles. The molecule has 0 amide bonds. The molecule has 1 N–H and O–H groups in total. The van der Waals surface area contributed by atoms with Gasteiger partial charge in [-0.05, 0) is 25.5 Å². The summed E-state index contributed by atoms with van der Waals surface area (Å²) < 4.78 is 2.17. The van der Waals surface area contributed by atoms with Gasteiger partial charge in [0.25, 0.3) is 0 Å². The lowest BCUT2D eigenvalue weighted by Crippen LogP contribution is -2.11. The van der Waals surface area contributed by atoms with Gasteiger partial charge in [-0.3, -0.25) is 4.98 Å². The highest BCUT2D eigenvalue weighted by atomic mass is 15.2. The third-order valence-corrected chi connectivity index (χ3v) is 2.75. The monoisotopic (exact) mass is 244 g/mol. The molecule has 4 nitrogen and oxygen atoms in total. The Bertz CT molecular complexity index is 476. The third-order valence-electron chi connectivity index (χ3n) is 2.75. The van der Waals surface area contributed by atoms with Gasteiger partial charge in [0.2, 0.25) is 5.95 Å². The minimum absolute atomic E-state index is 0.858. The summed E-state index contributed by atoms with van der Waals surface area (Å²) in [5.41, 5.74) is 2.17. The highest BCUT2D eigenvalue weighted by Gasteiger charge is 2.04. The molecule has 0 saturated heterocycles. The molecule has 0 bridgehead atoms. The van der Waals surface area contributed by atoms with Crippen molar-refractivity contribution in [2.45, 2.75) is 33.2 Å². The summed E-state index contributed by atoms with van der Waals surface area (Å²) in [4.78, 5) is 8.80. The van der Waals surface area contributed by atoms with Crippen molar-refractivity contribution < 1.29 is 0 Å². The van der Waals surface area contributed by atoms with Crippen molar-refractivity contribution in [3.63, 3.8) is 0 Å². The number of aromatic nitrogens is 3. The number of hydrogen-bond donors (Lipinski definition) is 1. The number of imidazole rings is 1. The quantitative estimate of drug-likeness (QED) is 0.849. The Morgan fingerprint density at radius 3 is 2.94 bits per heavy atom. The van der Waals surface area contributed by atoms with Crippen LogP contribution in [-0.4, -0.2) is 21.1 Å². The van der Waals surface area contributed by atoms with Gasteiger partial charge < -0.3 is 9.88 Å². The van der Waals surface area contributed by atoms with Crippen LogP contribution in [0.1, 0.15) is 24.7 Å². The second-order valence-electron chi connectivity index (χ2n) is 4.40. The normalized spacial score (nSPS) is 10.6. The Kier molecular flexibility index (Phi) is 4.34. The number of anilines is 1. The smallest absolute Gasteiger partial charge is 0.203 e. The van der Waals surface area contributed by atoms with Crippen molar-refractivity contribution in [1.82, 2.24) is 14.5 Å². The van der Waals surface area contributed by atoms with E-state index in [2.05, 4.69) is 33.0 Å². The Balaban J connectivity index is 1.90. The van der Waals surface area contributed by atoms with E-state index in [0.29, 0.717) is 0 Å². The topological polar surface area (TPSA) is 42.7 Å². The maximum Gasteiger partial charge on any atom is 0.203 e. The molecule has 0 aliphatic carbocycles. The number of aryl methyl sites for hydroxylation is 2. The molecular weight excluding hydrogens is 224 g/mol. The summed E-state index contributed by atoms with van der Waals surface area (Å²) in [5.74, 6) is 0.963. The second kappa shape index (κ2) is 6.19. The van der Waals surface area contributed by atoms with Gasteiger partial charge in [0, 0.05) is 37.6 Å². The maximum atomic E-state index is 4.49. The summed E-state index contributed by atoms with van der Waals surface area (Å²) in [6.45, 7) is 6.06. The van der Waals surface area contributed by atoms with Gasteiger partial charge in [-0.1, -0.05) is 13.0 Å². The first kappa shape index (κ1) is 12.6. The third kappa shape index (κ3) is 3.32. The van der Waals surface area contributed by atoms with Crippen molar-refractivity contribution in [3.05, 3.63) is 42.0 Å². The largest absolute Gasteiger partial charge is 0.355 e. The van der Waals surface area contributed by atoms with Crippen LogP contribution in [0.5, 0.6) is 0 Å². The van der Waals surface area contributed by atoms with Gasteiger partial charge in [0.1, 0.15) is 0 Å². The summed E-state index contributed by atoms with van der Waals surface area (Å²) in [6, 6.07) is 6.00. The van der Waals surface area contributed by atoms with Crippen LogP contribution in [0.3, 0.4) is 0 Å². The van der Waals surface area contributed by atoms with Gasteiger partial charge >= 0.3 is 0 Å². The Morgan fingerprint density at radius 2 is 2.22 bits per heavy atom. The Morgan fingerprint density at radius 1 is 1.33 bits per heavy atom. The second-order valence-corrected chi connectivity index (χ2v) is 4.40. The number of rotatable bonds is 6. The van der Waals surface area contributed by atoms with E-state index >= 15 is 0 Å². The highest BCUT2D eigenvalue weighted by molar-refractivity contribution is 5.29. The predicted octanol–water partition coefficient (Wildman–Crippen LogP) is 2.65. The van der Waals surface area contributed by atoms with E-state index in [-0.39, 0.29) is 0 Å². The standard InChI is InChI=1S/C14H20N4/c1-3-10-18-11-12(2)17-14(18)16-9-7-13-6-4-5-8-15-13/h4-6,8,11H,3,7,9-10H2,1-2H3,(H,16,17). The fourth-order valence-electron chi connectivity index (χ4n) is 1.95. The fourth-order valence-corrected chi connectivity index (χ4v) is 1.95. The molecule has 0 spiro atoms. The van der Waals surface area contributed by atoms with Crippen LogP contribution >= 0.6 is 0 Å². The molecule has 96 valence electrons. The van der Waals surface area contributed by atoms with Gasteiger partial charge in [-0.15, -0.1) is 0 Å². The lowest BCUT2D eigenvalue weighted by Gasteiger charge is -2.08. The molecule has 0 fully saturated rings. The molecule has 0 atom stereocenters. The van der Waals surface area contributed by atoms with E-state index in [1.54, 1.807) is 0 Å². The lowest BCUT2D eigenvalue weighted by molar-refractivity contribution is 0.681. The maximum absolute atomic E-state index is 4.49. The summed E-state index contributed by atoms with van der Waals surface area (Å²) >= 11 is 0. The zero-order chi connectivity index (χ0) is 12.8. The first-order chi connectivity index (χ1) is 8.79. The summed E-state index contributed by atoms with van der Waals surface area (Å²) in [5, 5.41) is 3.38. The van der Waals surface area contributed by atoms with Crippen LogP contribution in [0, 0.1) is 6.92 Å². The molecule has 18 heavy (non-hydrogen) atoms. The Hall–Kier alpha value is -1.84. The molecule has 2 heterocycles. The average molecular weight is 244 g/mol. The minimum atomic E-state index is 0.858. The molecule has 0 aliphatic heterocycles. The fraction of sp³-hybridized carbons (Fsp3) is 0.429. The number of hydrogen-bond acceptors (Lipinski definition) is 3. The van der Waals surface area contributed by atoms with E-state index in [4.69, 9.17) is 0 Å². The Labute approximate surface area is 108 Å². The SMILES string of the molecule is CCCn1cc(C)nc1NCCc1ccccn1. The highest BCUT2D eigenvalue weighted by Crippen LogP contribution is 2.09. The van der Waals surface area contributed by atoms with Crippen LogP contribution in [0.2, 0.25) is 0 Å². The molecule has 0 aliphatic rings. The molecule has 2 aromatic rings. The van der Waals surface area contributed by atoms with Crippen LogP contribution in [-0.2, 0) is 13.0 Å². The molecule has 0 saturated carbocycles. The van der Waals surface area contributed by atoms with E-state index in [1.807, 2.05) is 31.3 Å². The molecule has 0 radical (unpaired) electrons. The van der Waals surface area contributed by atoms with E-state index in [9.17, 15) is 0 Å². The van der Waals surface area contributed by atoms with Gasteiger partial charge in [-0.25, -0.2) is 4.98 Å². The summed E-state index contributed by atoms with van der Waals surface area (Å²) in [7, 11) is 0. The van der Waals surface area contributed by atoms with Crippen molar-refractivity contribution >= 4 is 5.95 Å². The predicted molar refractivity (Wildman–Crippen MR) is 73.7 cm³/mol. The average Bonchev–Trinajstić information content (AvgIpc) is 2.72. The van der Waals surface area contributed by atoms with Crippen molar-refractivity contribution in [2.24, 2.45) is 0 Å². The lowest BCUT2D eigenvalue weighted by atomic mass is 10.3. The number of pyridine rings is 1. The first-order valence-corrected chi connectivity index (χ1v) is 6.47. The van der Waals surface area contributed by atoms with Crippen molar-refractivity contribution in [1.29, 1.82) is 0 Å². The van der Waals surface area contributed by atoms with Gasteiger partial charge in [0.05, 0.1) is 5.69 Å². The molecule has 4 heteroatoms. The van der Waals surface area contributed by atoms with Crippen molar-refractivity contribution in [3.8, 4) is 0 Å². The number of nitrogens with one attached hydrogen (secondary N) is 1. The molecule has 2 aromatic heterocycles.